The van der Waals surface area contributed by atoms with Crippen LogP contribution in [0.1, 0.15) is 52.9 Å². The van der Waals surface area contributed by atoms with E-state index in [4.69, 9.17) is 0 Å². The van der Waals surface area contributed by atoms with Crippen LogP contribution in [0.15, 0.2) is 0 Å². The van der Waals surface area contributed by atoms with E-state index >= 15 is 0 Å². The molecule has 19 heavy (non-hydrogen) atoms. The molecule has 3 heteroatoms. The summed E-state index contributed by atoms with van der Waals surface area (Å²) in [5.41, 5.74) is 0. The summed E-state index contributed by atoms with van der Waals surface area (Å²) in [6.07, 6.45) is 6.27. The Morgan fingerprint density at radius 3 is 2.11 bits per heavy atom. The normalized spacial score (nSPS) is 15.2. The van der Waals surface area contributed by atoms with Crippen LogP contribution in [0.25, 0.3) is 0 Å². The molecule has 2 atom stereocenters. The van der Waals surface area contributed by atoms with Crippen LogP contribution in [0, 0.1) is 0 Å². The van der Waals surface area contributed by atoms with Gasteiger partial charge in [0.1, 0.15) is 0 Å². The molecule has 0 aliphatic heterocycles. The van der Waals surface area contributed by atoms with Gasteiger partial charge in [-0.2, -0.15) is 0 Å². The summed E-state index contributed by atoms with van der Waals surface area (Å²) in [6, 6.07) is 1.33. The van der Waals surface area contributed by atoms with E-state index in [0.29, 0.717) is 12.1 Å². The molecule has 0 saturated carbocycles. The fraction of sp³-hybridized carbons (Fsp3) is 1.00. The molecule has 0 spiro atoms. The molecule has 0 rings (SSSR count). The molecule has 3 nitrogen and oxygen atoms in total. The minimum absolute atomic E-state index is 0.652. The third-order valence-corrected chi connectivity index (χ3v) is 3.82. The first-order chi connectivity index (χ1) is 9.06. The van der Waals surface area contributed by atoms with Crippen LogP contribution >= 0.6 is 0 Å². The predicted octanol–water partition coefficient (Wildman–Crippen LogP) is 2.82. The number of nitrogens with one attached hydrogen (secondary N) is 1. The second-order valence-corrected chi connectivity index (χ2v) is 5.96. The van der Waals surface area contributed by atoms with Crippen molar-refractivity contribution in [2.24, 2.45) is 0 Å². The third kappa shape index (κ3) is 8.61. The van der Waals surface area contributed by atoms with Crippen molar-refractivity contribution < 1.29 is 0 Å². The molecule has 0 amide bonds. The van der Waals surface area contributed by atoms with Gasteiger partial charge < -0.3 is 15.1 Å². The van der Waals surface area contributed by atoms with Crippen LogP contribution in [-0.2, 0) is 0 Å². The fourth-order valence-electron chi connectivity index (χ4n) is 2.78. The van der Waals surface area contributed by atoms with E-state index in [9.17, 15) is 0 Å². The fourth-order valence-corrected chi connectivity index (χ4v) is 2.78. The number of nitrogens with zero attached hydrogens (tertiary/aromatic N) is 2. The van der Waals surface area contributed by atoms with Crippen LogP contribution < -0.4 is 5.32 Å². The highest BCUT2D eigenvalue weighted by Gasteiger charge is 2.22. The lowest BCUT2D eigenvalue weighted by Crippen LogP contribution is -2.49. The summed E-state index contributed by atoms with van der Waals surface area (Å²) < 4.78 is 0. The summed E-state index contributed by atoms with van der Waals surface area (Å²) in [4.78, 5) is 4.83. The van der Waals surface area contributed by atoms with Crippen LogP contribution in [-0.4, -0.2) is 62.7 Å². The highest BCUT2D eigenvalue weighted by atomic mass is 15.2. The van der Waals surface area contributed by atoms with Crippen LogP contribution in [0.3, 0.4) is 0 Å². The summed E-state index contributed by atoms with van der Waals surface area (Å²) in [6.45, 7) is 10.4. The summed E-state index contributed by atoms with van der Waals surface area (Å²) in [7, 11) is 6.60. The lowest BCUT2D eigenvalue weighted by molar-refractivity contribution is 0.172. The Hall–Kier alpha value is -0.120. The Morgan fingerprint density at radius 2 is 1.63 bits per heavy atom. The van der Waals surface area contributed by atoms with E-state index in [1.807, 2.05) is 0 Å². The Labute approximate surface area is 121 Å². The van der Waals surface area contributed by atoms with Crippen LogP contribution in [0.4, 0.5) is 0 Å². The van der Waals surface area contributed by atoms with E-state index in [2.05, 4.69) is 57.0 Å². The van der Waals surface area contributed by atoms with E-state index in [1.54, 1.807) is 0 Å². The minimum atomic E-state index is 0.652. The zero-order chi connectivity index (χ0) is 14.7. The van der Waals surface area contributed by atoms with Crippen molar-refractivity contribution >= 4 is 0 Å². The van der Waals surface area contributed by atoms with Gasteiger partial charge in [0.25, 0.3) is 0 Å². The number of hydrogen-bond acceptors (Lipinski definition) is 3. The third-order valence-electron chi connectivity index (χ3n) is 3.82. The van der Waals surface area contributed by atoms with Gasteiger partial charge in [0, 0.05) is 12.1 Å². The molecule has 2 unspecified atom stereocenters. The lowest BCUT2D eigenvalue weighted by Gasteiger charge is -2.35. The van der Waals surface area contributed by atoms with Gasteiger partial charge in [-0.1, -0.05) is 27.2 Å². The van der Waals surface area contributed by atoms with Gasteiger partial charge in [0.2, 0.25) is 0 Å². The monoisotopic (exact) mass is 271 g/mol. The van der Waals surface area contributed by atoms with E-state index < -0.39 is 0 Å². The molecule has 116 valence electrons. The first-order valence-electron chi connectivity index (χ1n) is 8.15. The van der Waals surface area contributed by atoms with E-state index in [1.165, 1.54) is 45.2 Å². The zero-order valence-corrected chi connectivity index (χ0v) is 14.2. The van der Waals surface area contributed by atoms with Gasteiger partial charge in [-0.25, -0.2) is 0 Å². The van der Waals surface area contributed by atoms with E-state index in [0.717, 1.165) is 6.54 Å². The summed E-state index contributed by atoms with van der Waals surface area (Å²) in [5, 5.41) is 3.75. The Balaban J connectivity index is 4.29. The molecule has 0 aromatic carbocycles. The van der Waals surface area contributed by atoms with Crippen molar-refractivity contribution in [1.29, 1.82) is 0 Å². The first kappa shape index (κ1) is 18.9. The molecule has 0 bridgehead atoms. The largest absolute Gasteiger partial charge is 0.312 e. The van der Waals surface area contributed by atoms with Gasteiger partial charge in [-0.15, -0.1) is 0 Å². The maximum absolute atomic E-state index is 3.75. The molecule has 0 aliphatic rings. The second-order valence-electron chi connectivity index (χ2n) is 5.96. The number of hydrogen-bond donors (Lipinski definition) is 1. The molecule has 0 saturated heterocycles. The SMILES string of the molecule is CCCNC(CCC)C(CC)N(C)CCCN(C)C. The molecular weight excluding hydrogens is 234 g/mol. The molecule has 0 aromatic heterocycles. The van der Waals surface area contributed by atoms with Crippen molar-refractivity contribution in [2.45, 2.75) is 65.0 Å². The van der Waals surface area contributed by atoms with Crippen molar-refractivity contribution in [3.8, 4) is 0 Å². The Bertz CT molecular complexity index is 194. The van der Waals surface area contributed by atoms with Gasteiger partial charge >= 0.3 is 0 Å². The predicted molar refractivity (Wildman–Crippen MR) is 86.9 cm³/mol. The highest BCUT2D eigenvalue weighted by molar-refractivity contribution is 4.82. The highest BCUT2D eigenvalue weighted by Crippen LogP contribution is 2.13. The quantitative estimate of drug-likeness (QED) is 0.589. The number of rotatable bonds is 12. The van der Waals surface area contributed by atoms with Gasteiger partial charge in [0.15, 0.2) is 0 Å². The molecule has 1 N–H and O–H groups in total. The van der Waals surface area contributed by atoms with Crippen molar-refractivity contribution in [2.75, 3.05) is 40.8 Å². The molecular formula is C16H37N3. The van der Waals surface area contributed by atoms with Gasteiger partial charge in [0.05, 0.1) is 0 Å². The molecule has 0 heterocycles. The molecule has 0 aromatic rings. The Morgan fingerprint density at radius 1 is 0.947 bits per heavy atom. The minimum Gasteiger partial charge on any atom is -0.312 e. The maximum Gasteiger partial charge on any atom is 0.0243 e. The molecule has 0 aliphatic carbocycles. The average molecular weight is 271 g/mol. The smallest absolute Gasteiger partial charge is 0.0243 e. The topological polar surface area (TPSA) is 18.5 Å². The van der Waals surface area contributed by atoms with E-state index in [-0.39, 0.29) is 0 Å². The van der Waals surface area contributed by atoms with Gasteiger partial charge in [-0.05, 0) is 66.5 Å². The van der Waals surface area contributed by atoms with Crippen LogP contribution in [0.5, 0.6) is 0 Å². The van der Waals surface area contributed by atoms with Gasteiger partial charge in [-0.3, -0.25) is 0 Å². The number of likely N-dealkylation sites (N-methyl/N-ethyl adjacent to an activating group) is 1. The second kappa shape index (κ2) is 11.7. The van der Waals surface area contributed by atoms with Crippen LogP contribution in [0.2, 0.25) is 0 Å². The molecule has 0 fully saturated rings. The first-order valence-corrected chi connectivity index (χ1v) is 8.15. The van der Waals surface area contributed by atoms with Crippen molar-refractivity contribution in [3.05, 3.63) is 0 Å². The molecule has 0 radical (unpaired) electrons. The van der Waals surface area contributed by atoms with Crippen molar-refractivity contribution in [3.63, 3.8) is 0 Å². The standard InChI is InChI=1S/C16H37N3/c1-7-11-15(17-12-8-2)16(9-3)19(6)14-10-13-18(4)5/h15-17H,7-14H2,1-6H3. The zero-order valence-electron chi connectivity index (χ0n) is 14.2. The summed E-state index contributed by atoms with van der Waals surface area (Å²) >= 11 is 0. The summed E-state index contributed by atoms with van der Waals surface area (Å²) in [5.74, 6) is 0. The average Bonchev–Trinajstić information content (AvgIpc) is 2.36. The maximum atomic E-state index is 3.75. The lowest BCUT2D eigenvalue weighted by atomic mass is 9.99. The Kier molecular flexibility index (Phi) is 11.6. The van der Waals surface area contributed by atoms with Crippen molar-refractivity contribution in [1.82, 2.24) is 15.1 Å².